The van der Waals surface area contributed by atoms with Gasteiger partial charge in [-0.15, -0.1) is 0 Å². The summed E-state index contributed by atoms with van der Waals surface area (Å²) in [6.45, 7) is 9.64. The Hall–Kier alpha value is -2.76. The van der Waals surface area contributed by atoms with Crippen molar-refractivity contribution < 1.29 is 14.3 Å². The molecule has 0 aliphatic heterocycles. The Morgan fingerprint density at radius 3 is 2.26 bits per heavy atom. The van der Waals surface area contributed by atoms with E-state index in [1.54, 1.807) is 4.68 Å². The molecule has 188 valence electrons. The van der Waals surface area contributed by atoms with E-state index in [0.29, 0.717) is 13.2 Å². The number of allylic oxidation sites excluding steroid dienone is 1. The van der Waals surface area contributed by atoms with E-state index in [4.69, 9.17) is 14.3 Å². The molecule has 0 amide bonds. The van der Waals surface area contributed by atoms with Crippen LogP contribution < -0.4 is 9.47 Å². The maximum atomic E-state index is 5.89. The first-order valence-corrected chi connectivity index (χ1v) is 12.5. The molecule has 0 saturated heterocycles. The Morgan fingerprint density at radius 2 is 1.62 bits per heavy atom. The minimum atomic E-state index is 0.634. The SMILES string of the molecule is C/C=C/COc1cc(C)c(CCCCCCCCCOc2cc(/C(C)=N/OC)nn2C)c(C)c1. The van der Waals surface area contributed by atoms with Crippen molar-refractivity contribution in [3.05, 3.63) is 52.7 Å². The first-order chi connectivity index (χ1) is 16.5. The molecule has 0 atom stereocenters. The zero-order chi connectivity index (χ0) is 24.8. The fourth-order valence-corrected chi connectivity index (χ4v) is 4.08. The van der Waals surface area contributed by atoms with Gasteiger partial charge in [0, 0.05) is 13.1 Å². The summed E-state index contributed by atoms with van der Waals surface area (Å²) >= 11 is 0. The van der Waals surface area contributed by atoms with Crippen LogP contribution in [0.2, 0.25) is 0 Å². The van der Waals surface area contributed by atoms with Gasteiger partial charge in [-0.05, 0) is 75.8 Å². The second kappa shape index (κ2) is 15.2. The standard InChI is InChI=1S/C28H43N3O3/c1-7-8-17-33-25-19-22(2)26(23(3)20-25)16-14-12-10-9-11-13-15-18-34-28-21-27(29-31(28)5)24(4)30-32-6/h7-8,19-21H,9-18H2,1-6H3/b8-7+,30-24+. The minimum absolute atomic E-state index is 0.634. The van der Waals surface area contributed by atoms with Crippen LogP contribution in [-0.4, -0.2) is 35.8 Å². The lowest BCUT2D eigenvalue weighted by molar-refractivity contribution is 0.213. The van der Waals surface area contributed by atoms with Crippen molar-refractivity contribution in [2.45, 2.75) is 79.1 Å². The molecule has 1 aromatic heterocycles. The van der Waals surface area contributed by atoms with E-state index in [1.165, 1.54) is 62.3 Å². The van der Waals surface area contributed by atoms with E-state index in [2.05, 4.69) is 36.2 Å². The number of benzene rings is 1. The first kappa shape index (κ1) is 27.5. The fourth-order valence-electron chi connectivity index (χ4n) is 4.08. The Balaban J connectivity index is 1.57. The van der Waals surface area contributed by atoms with E-state index in [0.717, 1.165) is 35.9 Å². The van der Waals surface area contributed by atoms with Crippen molar-refractivity contribution in [3.8, 4) is 11.6 Å². The molecule has 0 aliphatic rings. The molecule has 0 unspecified atom stereocenters. The van der Waals surface area contributed by atoms with E-state index in [1.807, 2.05) is 39.1 Å². The Labute approximate surface area is 206 Å². The lowest BCUT2D eigenvalue weighted by Gasteiger charge is -2.13. The normalized spacial score (nSPS) is 11.9. The largest absolute Gasteiger partial charge is 0.490 e. The zero-order valence-electron chi connectivity index (χ0n) is 22.0. The summed E-state index contributed by atoms with van der Waals surface area (Å²) in [6, 6.07) is 6.26. The average Bonchev–Trinajstić information content (AvgIpc) is 3.17. The summed E-state index contributed by atoms with van der Waals surface area (Å²) in [7, 11) is 3.42. The minimum Gasteiger partial charge on any atom is -0.490 e. The van der Waals surface area contributed by atoms with Crippen LogP contribution in [0.3, 0.4) is 0 Å². The lowest BCUT2D eigenvalue weighted by Crippen LogP contribution is -2.02. The highest BCUT2D eigenvalue weighted by Gasteiger charge is 2.09. The van der Waals surface area contributed by atoms with E-state index < -0.39 is 0 Å². The molecular weight excluding hydrogens is 426 g/mol. The molecule has 6 nitrogen and oxygen atoms in total. The van der Waals surface area contributed by atoms with Gasteiger partial charge < -0.3 is 14.3 Å². The number of rotatable bonds is 16. The van der Waals surface area contributed by atoms with Crippen LogP contribution in [0.15, 0.2) is 35.5 Å². The molecule has 0 N–H and O–H groups in total. The summed E-state index contributed by atoms with van der Waals surface area (Å²) < 4.78 is 13.4. The first-order valence-electron chi connectivity index (χ1n) is 12.5. The molecule has 0 radical (unpaired) electrons. The second-order valence-electron chi connectivity index (χ2n) is 8.84. The van der Waals surface area contributed by atoms with Gasteiger partial charge in [-0.2, -0.15) is 5.10 Å². The quantitative estimate of drug-likeness (QED) is 0.119. The molecule has 2 rings (SSSR count). The van der Waals surface area contributed by atoms with Gasteiger partial charge in [-0.3, -0.25) is 0 Å². The Kier molecular flexibility index (Phi) is 12.3. The smallest absolute Gasteiger partial charge is 0.212 e. The van der Waals surface area contributed by atoms with Crippen molar-refractivity contribution in [3.63, 3.8) is 0 Å². The fraction of sp³-hybridized carbons (Fsp3) is 0.571. The molecule has 0 saturated carbocycles. The Morgan fingerprint density at radius 1 is 0.971 bits per heavy atom. The van der Waals surface area contributed by atoms with Crippen molar-refractivity contribution in [2.75, 3.05) is 20.3 Å². The number of hydrogen-bond acceptors (Lipinski definition) is 5. The lowest BCUT2D eigenvalue weighted by atomic mass is 9.96. The predicted molar refractivity (Wildman–Crippen MR) is 140 cm³/mol. The summed E-state index contributed by atoms with van der Waals surface area (Å²) in [4.78, 5) is 4.81. The maximum absolute atomic E-state index is 5.89. The van der Waals surface area contributed by atoms with Crippen LogP contribution in [0.4, 0.5) is 0 Å². The molecule has 2 aromatic rings. The number of ether oxygens (including phenoxy) is 2. The van der Waals surface area contributed by atoms with E-state index in [9.17, 15) is 0 Å². The van der Waals surface area contributed by atoms with Crippen LogP contribution >= 0.6 is 0 Å². The molecule has 1 aromatic carbocycles. The predicted octanol–water partition coefficient (Wildman–Crippen LogP) is 6.71. The van der Waals surface area contributed by atoms with Gasteiger partial charge in [0.15, 0.2) is 0 Å². The Bertz CT molecular complexity index is 908. The van der Waals surface area contributed by atoms with Crippen molar-refractivity contribution in [1.29, 1.82) is 0 Å². The zero-order valence-corrected chi connectivity index (χ0v) is 22.0. The van der Waals surface area contributed by atoms with Gasteiger partial charge in [0.25, 0.3) is 0 Å². The molecule has 1 heterocycles. The van der Waals surface area contributed by atoms with Gasteiger partial charge in [0.05, 0.1) is 6.61 Å². The number of unbranched alkanes of at least 4 members (excludes halogenated alkanes) is 6. The van der Waals surface area contributed by atoms with Crippen molar-refractivity contribution >= 4 is 5.71 Å². The number of aromatic nitrogens is 2. The third-order valence-electron chi connectivity index (χ3n) is 6.01. The maximum Gasteiger partial charge on any atom is 0.212 e. The highest BCUT2D eigenvalue weighted by Crippen LogP contribution is 2.24. The topological polar surface area (TPSA) is 57.9 Å². The van der Waals surface area contributed by atoms with E-state index >= 15 is 0 Å². The van der Waals surface area contributed by atoms with Gasteiger partial charge in [-0.25, -0.2) is 4.68 Å². The number of nitrogens with zero attached hydrogens (tertiary/aromatic N) is 3. The summed E-state index contributed by atoms with van der Waals surface area (Å²) in [5.41, 5.74) is 5.69. The number of aryl methyl sites for hydroxylation is 3. The third kappa shape index (κ3) is 9.24. The van der Waals surface area contributed by atoms with E-state index in [-0.39, 0.29) is 0 Å². The monoisotopic (exact) mass is 469 g/mol. The van der Waals surface area contributed by atoms with Crippen LogP contribution in [-0.2, 0) is 18.3 Å². The molecular formula is C28H43N3O3. The molecule has 0 bridgehead atoms. The third-order valence-corrected chi connectivity index (χ3v) is 6.01. The molecule has 0 spiro atoms. The molecule has 6 heteroatoms. The molecule has 34 heavy (non-hydrogen) atoms. The number of hydrogen-bond donors (Lipinski definition) is 0. The van der Waals surface area contributed by atoms with Crippen LogP contribution in [0.1, 0.15) is 81.2 Å². The van der Waals surface area contributed by atoms with Crippen LogP contribution in [0.5, 0.6) is 11.6 Å². The van der Waals surface area contributed by atoms with Crippen molar-refractivity contribution in [2.24, 2.45) is 12.2 Å². The van der Waals surface area contributed by atoms with Gasteiger partial charge in [0.1, 0.15) is 30.9 Å². The number of oxime groups is 1. The average molecular weight is 470 g/mol. The van der Waals surface area contributed by atoms with Crippen molar-refractivity contribution in [1.82, 2.24) is 9.78 Å². The van der Waals surface area contributed by atoms with Crippen LogP contribution in [0, 0.1) is 13.8 Å². The van der Waals surface area contributed by atoms with Gasteiger partial charge in [0.2, 0.25) is 5.88 Å². The molecule has 0 aliphatic carbocycles. The summed E-state index contributed by atoms with van der Waals surface area (Å²) in [6.07, 6.45) is 13.8. The second-order valence-corrected chi connectivity index (χ2v) is 8.84. The van der Waals surface area contributed by atoms with Crippen LogP contribution in [0.25, 0.3) is 0 Å². The highest BCUT2D eigenvalue weighted by atomic mass is 16.6. The molecule has 0 fully saturated rings. The summed E-state index contributed by atoms with van der Waals surface area (Å²) in [5, 5.41) is 8.33. The van der Waals surface area contributed by atoms with Gasteiger partial charge in [-0.1, -0.05) is 49.4 Å². The highest BCUT2D eigenvalue weighted by molar-refractivity contribution is 5.96. The summed E-state index contributed by atoms with van der Waals surface area (Å²) in [5.74, 6) is 1.74. The van der Waals surface area contributed by atoms with Gasteiger partial charge >= 0.3 is 0 Å².